The molecule has 1 spiro atoms. The maximum atomic E-state index is 13.1. The smallest absolute Gasteiger partial charge is 0.355 e. The van der Waals surface area contributed by atoms with Crippen molar-refractivity contribution in [3.8, 4) is 5.69 Å². The molecule has 4 heterocycles. The van der Waals surface area contributed by atoms with Gasteiger partial charge in [0.1, 0.15) is 17.3 Å². The van der Waals surface area contributed by atoms with Gasteiger partial charge < -0.3 is 4.90 Å². The van der Waals surface area contributed by atoms with E-state index in [1.807, 2.05) is 11.0 Å². The third kappa shape index (κ3) is 3.62. The molecule has 182 valence electrons. The van der Waals surface area contributed by atoms with Gasteiger partial charge in [-0.1, -0.05) is 17.7 Å². The van der Waals surface area contributed by atoms with E-state index in [0.29, 0.717) is 11.9 Å². The lowest BCUT2D eigenvalue weighted by molar-refractivity contribution is -0.141. The van der Waals surface area contributed by atoms with Crippen LogP contribution in [-0.2, 0) is 19.3 Å². The number of anilines is 1. The summed E-state index contributed by atoms with van der Waals surface area (Å²) in [6, 6.07) is 10.8. The number of alkyl halides is 3. The van der Waals surface area contributed by atoms with Crippen molar-refractivity contribution in [2.24, 2.45) is 5.41 Å². The molecule has 7 rings (SSSR count). The fraction of sp³-hybridized carbons (Fsp3) is 0.480. The molecule has 0 amide bonds. The van der Waals surface area contributed by atoms with Gasteiger partial charge in [-0.3, -0.25) is 9.47 Å². The van der Waals surface area contributed by atoms with Crippen molar-refractivity contribution in [2.75, 3.05) is 18.0 Å². The summed E-state index contributed by atoms with van der Waals surface area (Å²) in [7, 11) is 0. The van der Waals surface area contributed by atoms with Gasteiger partial charge in [-0.05, 0) is 61.6 Å². The molecule has 35 heavy (non-hydrogen) atoms. The van der Waals surface area contributed by atoms with Gasteiger partial charge in [-0.2, -0.15) is 13.2 Å². The first-order valence-electron chi connectivity index (χ1n) is 12.0. The van der Waals surface area contributed by atoms with Crippen LogP contribution in [-0.4, -0.2) is 43.8 Å². The first kappa shape index (κ1) is 21.6. The van der Waals surface area contributed by atoms with Crippen molar-refractivity contribution >= 4 is 17.4 Å². The average Bonchev–Trinajstić information content (AvgIpc) is 3.55. The highest BCUT2D eigenvalue weighted by Gasteiger charge is 2.54. The Bertz CT molecular complexity index is 1300. The topological polar surface area (TPSA) is 50.1 Å². The average molecular weight is 501 g/mol. The highest BCUT2D eigenvalue weighted by Crippen LogP contribution is 2.56. The molecular formula is C25H24ClF3N6. The van der Waals surface area contributed by atoms with Crippen LogP contribution in [0, 0.1) is 5.41 Å². The molecule has 2 aliphatic heterocycles. The maximum Gasteiger partial charge on any atom is 0.433 e. The summed E-state index contributed by atoms with van der Waals surface area (Å²) >= 11 is 6.35. The van der Waals surface area contributed by atoms with E-state index in [9.17, 15) is 13.2 Å². The molecule has 6 nitrogen and oxygen atoms in total. The van der Waals surface area contributed by atoms with Crippen LogP contribution in [0.1, 0.15) is 54.5 Å². The van der Waals surface area contributed by atoms with Crippen LogP contribution in [0.25, 0.3) is 5.69 Å². The van der Waals surface area contributed by atoms with Crippen LogP contribution >= 0.6 is 11.6 Å². The monoisotopic (exact) mass is 500 g/mol. The Kier molecular flexibility index (Phi) is 4.59. The van der Waals surface area contributed by atoms with Crippen molar-refractivity contribution in [2.45, 2.75) is 56.9 Å². The molecule has 3 fully saturated rings. The Labute approximate surface area is 205 Å². The third-order valence-corrected chi connectivity index (χ3v) is 8.18. The fourth-order valence-corrected chi connectivity index (χ4v) is 6.32. The quantitative estimate of drug-likeness (QED) is 0.495. The highest BCUT2D eigenvalue weighted by atomic mass is 35.5. The number of nitrogens with zero attached hydrogens (tertiary/aromatic N) is 6. The Balaban J connectivity index is 1.11. The largest absolute Gasteiger partial charge is 0.433 e. The minimum absolute atomic E-state index is 0.112. The molecular weight excluding hydrogens is 477 g/mol. The summed E-state index contributed by atoms with van der Waals surface area (Å²) < 4.78 is 41.4. The van der Waals surface area contributed by atoms with Crippen LogP contribution < -0.4 is 4.90 Å². The van der Waals surface area contributed by atoms with E-state index < -0.39 is 11.9 Å². The standard InChI is InChI=1S/C25H24ClF3N6/c26-17-4-7-19-15(8-17)11-33(18-5-6-18)12-22-31-32-23(35(19)22)16-9-24(10-16)13-34(14-24)21-3-1-2-20(30-21)25(27,28)29/h1-4,7-8,16,18H,5-6,9-14H2. The predicted octanol–water partition coefficient (Wildman–Crippen LogP) is 5.20. The molecule has 1 aromatic carbocycles. The van der Waals surface area contributed by atoms with Gasteiger partial charge in [0.2, 0.25) is 0 Å². The lowest BCUT2D eigenvalue weighted by Crippen LogP contribution is -2.62. The van der Waals surface area contributed by atoms with Crippen LogP contribution in [0.4, 0.5) is 19.0 Å². The van der Waals surface area contributed by atoms with Crippen molar-refractivity contribution in [1.82, 2.24) is 24.6 Å². The molecule has 4 aliphatic rings. The number of hydrogen-bond donors (Lipinski definition) is 0. The summed E-state index contributed by atoms with van der Waals surface area (Å²) in [6.45, 7) is 3.08. The lowest BCUT2D eigenvalue weighted by atomic mass is 9.57. The molecule has 2 aromatic heterocycles. The van der Waals surface area contributed by atoms with Crippen LogP contribution in [0.5, 0.6) is 0 Å². The second-order valence-electron chi connectivity index (χ2n) is 10.6. The number of rotatable bonds is 3. The number of aromatic nitrogens is 4. The van der Waals surface area contributed by atoms with E-state index in [2.05, 4.69) is 36.8 Å². The predicted molar refractivity (Wildman–Crippen MR) is 124 cm³/mol. The second-order valence-corrected chi connectivity index (χ2v) is 11.0. The molecule has 1 saturated heterocycles. The van der Waals surface area contributed by atoms with Crippen molar-refractivity contribution < 1.29 is 13.2 Å². The number of halogens is 4. The van der Waals surface area contributed by atoms with E-state index in [0.717, 1.165) is 67.4 Å². The molecule has 0 N–H and O–H groups in total. The van der Waals surface area contributed by atoms with E-state index >= 15 is 0 Å². The van der Waals surface area contributed by atoms with Crippen LogP contribution in [0.15, 0.2) is 36.4 Å². The minimum atomic E-state index is -4.43. The van der Waals surface area contributed by atoms with Gasteiger partial charge in [0.05, 0.1) is 12.2 Å². The van der Waals surface area contributed by atoms with E-state index in [4.69, 9.17) is 11.6 Å². The van der Waals surface area contributed by atoms with Crippen LogP contribution in [0.2, 0.25) is 5.02 Å². The summed E-state index contributed by atoms with van der Waals surface area (Å²) in [5.41, 5.74) is 1.58. The van der Waals surface area contributed by atoms with Gasteiger partial charge in [-0.25, -0.2) is 4.98 Å². The van der Waals surface area contributed by atoms with Gasteiger partial charge in [0, 0.05) is 42.0 Å². The minimum Gasteiger partial charge on any atom is -0.355 e. The molecule has 0 bridgehead atoms. The van der Waals surface area contributed by atoms with Crippen molar-refractivity contribution in [3.05, 3.63) is 64.3 Å². The summed E-state index contributed by atoms with van der Waals surface area (Å²) in [4.78, 5) is 8.26. The van der Waals surface area contributed by atoms with E-state index in [-0.39, 0.29) is 11.3 Å². The molecule has 0 unspecified atom stereocenters. The van der Waals surface area contributed by atoms with Gasteiger partial charge in [-0.15, -0.1) is 10.2 Å². The van der Waals surface area contributed by atoms with Crippen molar-refractivity contribution in [1.29, 1.82) is 0 Å². The van der Waals surface area contributed by atoms with E-state index in [1.165, 1.54) is 24.5 Å². The molecule has 10 heteroatoms. The highest BCUT2D eigenvalue weighted by molar-refractivity contribution is 6.30. The Morgan fingerprint density at radius 3 is 2.54 bits per heavy atom. The third-order valence-electron chi connectivity index (χ3n) is 7.94. The van der Waals surface area contributed by atoms with Crippen LogP contribution in [0.3, 0.4) is 0 Å². The van der Waals surface area contributed by atoms with Gasteiger partial charge in [0.15, 0.2) is 5.82 Å². The first-order valence-corrected chi connectivity index (χ1v) is 12.4. The zero-order valence-corrected chi connectivity index (χ0v) is 19.7. The Morgan fingerprint density at radius 1 is 1.00 bits per heavy atom. The molecule has 0 radical (unpaired) electrons. The summed E-state index contributed by atoms with van der Waals surface area (Å²) in [5.74, 6) is 2.64. The zero-order chi connectivity index (χ0) is 23.9. The molecule has 2 aliphatic carbocycles. The number of fused-ring (bicyclic) bond motifs is 3. The molecule has 0 atom stereocenters. The maximum absolute atomic E-state index is 13.1. The van der Waals surface area contributed by atoms with Gasteiger partial charge in [0.25, 0.3) is 0 Å². The first-order chi connectivity index (χ1) is 16.8. The molecule has 3 aromatic rings. The summed E-state index contributed by atoms with van der Waals surface area (Å²) in [6.07, 6.45) is -0.0779. The number of benzene rings is 1. The normalized spacial score (nSPS) is 21.8. The van der Waals surface area contributed by atoms with Crippen molar-refractivity contribution in [3.63, 3.8) is 0 Å². The van der Waals surface area contributed by atoms with Gasteiger partial charge >= 0.3 is 6.18 Å². The number of hydrogen-bond acceptors (Lipinski definition) is 5. The van der Waals surface area contributed by atoms with E-state index in [1.54, 1.807) is 6.07 Å². The SMILES string of the molecule is FC(F)(F)c1cccc(N2CC3(CC(c4nnc5n4-c4ccc(Cl)cc4CN(C4CC4)C5)C3)C2)n1. The number of pyridine rings is 1. The molecule has 2 saturated carbocycles. The summed E-state index contributed by atoms with van der Waals surface area (Å²) in [5, 5.41) is 9.97. The Hall–Kier alpha value is -2.65. The fourth-order valence-electron chi connectivity index (χ4n) is 6.12. The zero-order valence-electron chi connectivity index (χ0n) is 19.0. The lowest BCUT2D eigenvalue weighted by Gasteiger charge is -2.59. The Morgan fingerprint density at radius 2 is 1.80 bits per heavy atom. The second kappa shape index (κ2) is 7.43.